The van der Waals surface area contributed by atoms with Gasteiger partial charge in [0.2, 0.25) is 5.91 Å². The Balaban J connectivity index is 1.66. The molecule has 3 rings (SSSR count). The van der Waals surface area contributed by atoms with E-state index in [0.717, 1.165) is 24.2 Å². The SMILES string of the molecule is COc1cc(C=CC(=O)NCC(c2ccccc2Cl)N2CCOCC2)ccc1OC(C)C. The minimum atomic E-state index is -0.170. The number of rotatable bonds is 9. The Morgan fingerprint density at radius 2 is 1.94 bits per heavy atom. The maximum atomic E-state index is 12.6. The largest absolute Gasteiger partial charge is 0.493 e. The van der Waals surface area contributed by atoms with Crippen molar-refractivity contribution in [2.24, 2.45) is 0 Å². The maximum absolute atomic E-state index is 12.6. The van der Waals surface area contributed by atoms with E-state index in [4.69, 9.17) is 25.8 Å². The van der Waals surface area contributed by atoms with Crippen LogP contribution in [0.3, 0.4) is 0 Å². The summed E-state index contributed by atoms with van der Waals surface area (Å²) in [6.45, 7) is 7.32. The Labute approximate surface area is 195 Å². The molecule has 0 aliphatic carbocycles. The van der Waals surface area contributed by atoms with Crippen molar-refractivity contribution < 1.29 is 19.0 Å². The van der Waals surface area contributed by atoms with Gasteiger partial charge in [0.1, 0.15) is 0 Å². The van der Waals surface area contributed by atoms with Crippen LogP contribution in [0.4, 0.5) is 0 Å². The van der Waals surface area contributed by atoms with E-state index < -0.39 is 0 Å². The van der Waals surface area contributed by atoms with Crippen LogP contribution in [0.2, 0.25) is 5.02 Å². The number of hydrogen-bond donors (Lipinski definition) is 1. The Morgan fingerprint density at radius 1 is 1.19 bits per heavy atom. The number of amides is 1. The van der Waals surface area contributed by atoms with Crippen molar-refractivity contribution in [2.75, 3.05) is 40.0 Å². The van der Waals surface area contributed by atoms with Crippen molar-refractivity contribution in [3.05, 3.63) is 64.7 Å². The second-order valence-electron chi connectivity index (χ2n) is 7.84. The van der Waals surface area contributed by atoms with E-state index in [1.165, 1.54) is 6.08 Å². The van der Waals surface area contributed by atoms with Gasteiger partial charge in [0.25, 0.3) is 0 Å². The summed E-state index contributed by atoms with van der Waals surface area (Å²) >= 11 is 6.46. The first kappa shape index (κ1) is 24.1. The number of carbonyl (C=O) groups excluding carboxylic acids is 1. The Bertz CT molecular complexity index is 926. The quantitative estimate of drug-likeness (QED) is 0.566. The van der Waals surface area contributed by atoms with E-state index >= 15 is 0 Å². The topological polar surface area (TPSA) is 60.0 Å². The standard InChI is InChI=1S/C25H31ClN2O4/c1-18(2)32-23-10-8-19(16-24(23)30-3)9-11-25(29)27-17-22(28-12-14-31-15-13-28)20-6-4-5-7-21(20)26/h4-11,16,18,22H,12-15,17H2,1-3H3,(H,27,29). The van der Waals surface area contributed by atoms with Crippen LogP contribution in [-0.2, 0) is 9.53 Å². The highest BCUT2D eigenvalue weighted by Crippen LogP contribution is 2.30. The molecular weight excluding hydrogens is 428 g/mol. The molecule has 1 saturated heterocycles. The van der Waals surface area contributed by atoms with Crippen molar-refractivity contribution >= 4 is 23.6 Å². The van der Waals surface area contributed by atoms with Gasteiger partial charge in [0.05, 0.1) is 32.5 Å². The predicted molar refractivity (Wildman–Crippen MR) is 127 cm³/mol. The third kappa shape index (κ3) is 6.73. The summed E-state index contributed by atoms with van der Waals surface area (Å²) in [5.41, 5.74) is 1.86. The molecule has 1 amide bonds. The number of ether oxygens (including phenoxy) is 3. The fraction of sp³-hybridized carbons (Fsp3) is 0.400. The zero-order valence-corrected chi connectivity index (χ0v) is 19.6. The summed E-state index contributed by atoms with van der Waals surface area (Å²) in [7, 11) is 1.60. The predicted octanol–water partition coefficient (Wildman–Crippen LogP) is 4.34. The summed E-state index contributed by atoms with van der Waals surface area (Å²) in [5, 5.41) is 3.72. The lowest BCUT2D eigenvalue weighted by Gasteiger charge is -2.35. The number of hydrogen-bond acceptors (Lipinski definition) is 5. The van der Waals surface area contributed by atoms with Gasteiger partial charge in [-0.25, -0.2) is 0 Å². The second kappa shape index (κ2) is 11.9. The maximum Gasteiger partial charge on any atom is 0.244 e. The number of nitrogens with zero attached hydrogens (tertiary/aromatic N) is 1. The van der Waals surface area contributed by atoms with Crippen molar-refractivity contribution in [3.8, 4) is 11.5 Å². The second-order valence-corrected chi connectivity index (χ2v) is 8.25. The van der Waals surface area contributed by atoms with Gasteiger partial charge in [-0.3, -0.25) is 9.69 Å². The molecule has 0 bridgehead atoms. The molecule has 6 nitrogen and oxygen atoms in total. The van der Waals surface area contributed by atoms with Crippen LogP contribution in [-0.4, -0.2) is 56.9 Å². The average molecular weight is 459 g/mol. The molecular formula is C25H31ClN2O4. The van der Waals surface area contributed by atoms with Gasteiger partial charge < -0.3 is 19.5 Å². The minimum Gasteiger partial charge on any atom is -0.493 e. The Kier molecular flexibility index (Phi) is 8.97. The molecule has 1 atom stereocenters. The molecule has 2 aromatic carbocycles. The van der Waals surface area contributed by atoms with Crippen molar-refractivity contribution in [1.29, 1.82) is 0 Å². The Hall–Kier alpha value is -2.54. The lowest BCUT2D eigenvalue weighted by Crippen LogP contribution is -2.43. The van der Waals surface area contributed by atoms with Crippen LogP contribution < -0.4 is 14.8 Å². The third-order valence-corrected chi connectivity index (χ3v) is 5.54. The zero-order chi connectivity index (χ0) is 22.9. The summed E-state index contributed by atoms with van der Waals surface area (Å²) < 4.78 is 16.6. The molecule has 7 heteroatoms. The molecule has 32 heavy (non-hydrogen) atoms. The Morgan fingerprint density at radius 3 is 2.62 bits per heavy atom. The van der Waals surface area contributed by atoms with Crippen LogP contribution in [0.5, 0.6) is 11.5 Å². The van der Waals surface area contributed by atoms with Gasteiger partial charge in [0, 0.05) is 30.7 Å². The van der Waals surface area contributed by atoms with Crippen LogP contribution in [0, 0.1) is 0 Å². The number of benzene rings is 2. The molecule has 172 valence electrons. The van der Waals surface area contributed by atoms with Crippen molar-refractivity contribution in [3.63, 3.8) is 0 Å². The molecule has 0 aromatic heterocycles. The highest BCUT2D eigenvalue weighted by atomic mass is 35.5. The lowest BCUT2D eigenvalue weighted by atomic mass is 10.0. The first-order valence-corrected chi connectivity index (χ1v) is 11.2. The van der Waals surface area contributed by atoms with Gasteiger partial charge in [-0.15, -0.1) is 0 Å². The molecule has 2 aromatic rings. The van der Waals surface area contributed by atoms with Crippen molar-refractivity contribution in [1.82, 2.24) is 10.2 Å². The number of morpholine rings is 1. The van der Waals surface area contributed by atoms with Gasteiger partial charge in [-0.2, -0.15) is 0 Å². The normalized spacial score (nSPS) is 15.7. The van der Waals surface area contributed by atoms with Gasteiger partial charge in [-0.1, -0.05) is 35.9 Å². The first-order valence-electron chi connectivity index (χ1n) is 10.8. The van der Waals surface area contributed by atoms with Crippen molar-refractivity contribution in [2.45, 2.75) is 26.0 Å². The zero-order valence-electron chi connectivity index (χ0n) is 18.8. The smallest absolute Gasteiger partial charge is 0.244 e. The van der Waals surface area contributed by atoms with E-state index in [-0.39, 0.29) is 18.1 Å². The molecule has 1 unspecified atom stereocenters. The fourth-order valence-electron chi connectivity index (χ4n) is 3.64. The molecule has 0 spiro atoms. The number of nitrogens with one attached hydrogen (secondary N) is 1. The molecule has 1 heterocycles. The molecule has 1 N–H and O–H groups in total. The van der Waals surface area contributed by atoms with E-state index in [1.54, 1.807) is 13.2 Å². The molecule has 0 radical (unpaired) electrons. The van der Waals surface area contributed by atoms with Gasteiger partial charge in [-0.05, 0) is 49.2 Å². The van der Waals surface area contributed by atoms with E-state index in [1.807, 2.05) is 56.3 Å². The van der Waals surface area contributed by atoms with Crippen LogP contribution >= 0.6 is 11.6 Å². The minimum absolute atomic E-state index is 0.0162. The third-order valence-electron chi connectivity index (χ3n) is 5.20. The summed E-state index contributed by atoms with van der Waals surface area (Å²) in [6.07, 6.45) is 3.34. The van der Waals surface area contributed by atoms with Crippen LogP contribution in [0.15, 0.2) is 48.5 Å². The van der Waals surface area contributed by atoms with E-state index in [9.17, 15) is 4.79 Å². The number of methoxy groups -OCH3 is 1. The van der Waals surface area contributed by atoms with Crippen LogP contribution in [0.1, 0.15) is 31.0 Å². The molecule has 0 saturated carbocycles. The van der Waals surface area contributed by atoms with Crippen LogP contribution in [0.25, 0.3) is 6.08 Å². The van der Waals surface area contributed by atoms with Gasteiger partial charge >= 0.3 is 0 Å². The van der Waals surface area contributed by atoms with Gasteiger partial charge in [0.15, 0.2) is 11.5 Å². The first-order chi connectivity index (χ1) is 15.5. The molecule has 1 aliphatic rings. The molecule has 1 aliphatic heterocycles. The monoisotopic (exact) mass is 458 g/mol. The molecule has 1 fully saturated rings. The lowest BCUT2D eigenvalue weighted by molar-refractivity contribution is -0.116. The fourth-order valence-corrected chi connectivity index (χ4v) is 3.90. The van der Waals surface area contributed by atoms with E-state index in [2.05, 4.69) is 10.2 Å². The van der Waals surface area contributed by atoms with E-state index in [0.29, 0.717) is 36.3 Å². The highest BCUT2D eigenvalue weighted by Gasteiger charge is 2.24. The summed E-state index contributed by atoms with van der Waals surface area (Å²) in [5.74, 6) is 1.14. The average Bonchev–Trinajstić information content (AvgIpc) is 2.80. The summed E-state index contributed by atoms with van der Waals surface area (Å²) in [6, 6.07) is 13.3. The summed E-state index contributed by atoms with van der Waals surface area (Å²) in [4.78, 5) is 14.9. The highest BCUT2D eigenvalue weighted by molar-refractivity contribution is 6.31. The number of carbonyl (C=O) groups is 1. The number of halogens is 1.